The van der Waals surface area contributed by atoms with Gasteiger partial charge in [0.15, 0.2) is 0 Å². The van der Waals surface area contributed by atoms with Crippen LogP contribution in [0.25, 0.3) is 0 Å². The van der Waals surface area contributed by atoms with Crippen molar-refractivity contribution in [1.29, 1.82) is 0 Å². The van der Waals surface area contributed by atoms with Gasteiger partial charge in [-0.15, -0.1) is 0 Å². The van der Waals surface area contributed by atoms with E-state index in [4.69, 9.17) is 11.6 Å². The van der Waals surface area contributed by atoms with Gasteiger partial charge >= 0.3 is 5.97 Å². The summed E-state index contributed by atoms with van der Waals surface area (Å²) in [6.45, 7) is 1.75. The maximum atomic E-state index is 11.2. The topological polar surface area (TPSA) is 80.0 Å². The predicted molar refractivity (Wildman–Crippen MR) is 73.7 cm³/mol. The highest BCUT2D eigenvalue weighted by atomic mass is 35.5. The number of carboxylic acid groups (broad SMARTS) is 1. The van der Waals surface area contributed by atoms with Crippen molar-refractivity contribution in [2.75, 3.05) is 5.32 Å². The number of hydrogen-bond donors (Lipinski definition) is 2. The number of hydrogen-bond acceptors (Lipinski definition) is 4. The second kappa shape index (κ2) is 4.64. The summed E-state index contributed by atoms with van der Waals surface area (Å²) >= 11 is 6.00. The van der Waals surface area contributed by atoms with E-state index >= 15 is 0 Å². The Bertz CT molecular complexity index is 723. The van der Waals surface area contributed by atoms with Crippen LogP contribution in [0, 0.1) is 6.92 Å². The molecule has 1 aromatic heterocycles. The first kappa shape index (κ1) is 12.7. The third kappa shape index (κ3) is 2.14. The van der Waals surface area contributed by atoms with Gasteiger partial charge in [0.1, 0.15) is 17.6 Å². The van der Waals surface area contributed by atoms with Crippen molar-refractivity contribution in [3.8, 4) is 0 Å². The number of fused-ring (bicyclic) bond motifs is 1. The molecule has 7 heteroatoms. The van der Waals surface area contributed by atoms with E-state index in [1.165, 1.54) is 0 Å². The van der Waals surface area contributed by atoms with Crippen molar-refractivity contribution >= 4 is 23.5 Å². The van der Waals surface area contributed by atoms with Gasteiger partial charge in [-0.1, -0.05) is 23.7 Å². The largest absolute Gasteiger partial charge is 0.477 e. The number of allylic oxidation sites excluding steroid dienone is 1. The van der Waals surface area contributed by atoms with E-state index in [0.29, 0.717) is 16.8 Å². The monoisotopic (exact) mass is 290 g/mol. The maximum Gasteiger partial charge on any atom is 0.352 e. The number of aryl methyl sites for hydroxylation is 1. The maximum absolute atomic E-state index is 11.2. The van der Waals surface area contributed by atoms with Crippen LogP contribution in [-0.2, 0) is 4.79 Å². The summed E-state index contributed by atoms with van der Waals surface area (Å²) in [6.07, 6.45) is 1.59. The molecule has 6 nitrogen and oxygen atoms in total. The molecule has 0 saturated carbocycles. The summed E-state index contributed by atoms with van der Waals surface area (Å²) in [4.78, 5) is 15.4. The zero-order valence-corrected chi connectivity index (χ0v) is 11.3. The van der Waals surface area contributed by atoms with E-state index in [9.17, 15) is 9.90 Å². The standard InChI is InChI=1S/C13H11ClN4O2/c1-7-15-13-16-10(12(19)20)6-11(18(13)17-7)8-3-2-4-9(14)5-8/h2-6,11H,1H3,(H,19,20)(H,15,16,17)/t11-/m1/s1. The van der Waals surface area contributed by atoms with Gasteiger partial charge < -0.3 is 10.4 Å². The normalized spacial score (nSPS) is 17.1. The van der Waals surface area contributed by atoms with Crippen LogP contribution >= 0.6 is 11.6 Å². The van der Waals surface area contributed by atoms with Gasteiger partial charge in [-0.25, -0.2) is 9.48 Å². The zero-order chi connectivity index (χ0) is 14.3. The Balaban J connectivity index is 2.14. The summed E-state index contributed by atoms with van der Waals surface area (Å²) in [6, 6.07) is 6.89. The second-order valence-corrected chi connectivity index (χ2v) is 4.87. The minimum Gasteiger partial charge on any atom is -0.477 e. The minimum atomic E-state index is -1.04. The average Bonchev–Trinajstić information content (AvgIpc) is 2.77. The Kier molecular flexibility index (Phi) is 2.94. The molecular weight excluding hydrogens is 280 g/mol. The molecule has 1 aliphatic rings. The van der Waals surface area contributed by atoms with Crippen LogP contribution in [-0.4, -0.2) is 25.8 Å². The van der Waals surface area contributed by atoms with Gasteiger partial charge in [0, 0.05) is 5.02 Å². The molecular formula is C13H11ClN4O2. The molecule has 1 aromatic carbocycles. The second-order valence-electron chi connectivity index (χ2n) is 4.44. The van der Waals surface area contributed by atoms with E-state index in [2.05, 4.69) is 15.4 Å². The van der Waals surface area contributed by atoms with Crippen molar-refractivity contribution in [3.05, 3.63) is 52.4 Å². The number of carboxylic acids is 1. The van der Waals surface area contributed by atoms with Crippen LogP contribution < -0.4 is 5.32 Å². The summed E-state index contributed by atoms with van der Waals surface area (Å²) in [5.74, 6) is -0.0594. The van der Waals surface area contributed by atoms with E-state index < -0.39 is 5.97 Å². The third-order valence-electron chi connectivity index (χ3n) is 2.99. The fourth-order valence-corrected chi connectivity index (χ4v) is 2.35. The van der Waals surface area contributed by atoms with E-state index in [-0.39, 0.29) is 11.7 Å². The van der Waals surface area contributed by atoms with Gasteiger partial charge in [0.2, 0.25) is 5.95 Å². The van der Waals surface area contributed by atoms with Gasteiger partial charge in [-0.05, 0) is 30.7 Å². The van der Waals surface area contributed by atoms with Crippen LogP contribution in [0.5, 0.6) is 0 Å². The van der Waals surface area contributed by atoms with E-state index in [1.807, 2.05) is 12.1 Å². The van der Waals surface area contributed by atoms with Crippen molar-refractivity contribution in [3.63, 3.8) is 0 Å². The van der Waals surface area contributed by atoms with Crippen molar-refractivity contribution in [2.45, 2.75) is 13.0 Å². The first-order valence-electron chi connectivity index (χ1n) is 5.95. The first-order chi connectivity index (χ1) is 9.54. The lowest BCUT2D eigenvalue weighted by molar-refractivity contribution is -0.132. The molecule has 2 aromatic rings. The Hall–Kier alpha value is -2.34. The molecule has 2 N–H and O–H groups in total. The molecule has 0 amide bonds. The molecule has 0 saturated heterocycles. The number of benzene rings is 1. The molecule has 1 aliphatic heterocycles. The molecule has 1 atom stereocenters. The molecule has 2 heterocycles. The Labute approximate surface area is 119 Å². The van der Waals surface area contributed by atoms with Crippen LogP contribution in [0.1, 0.15) is 17.4 Å². The van der Waals surface area contributed by atoms with Gasteiger partial charge in [0.25, 0.3) is 0 Å². The number of aromatic nitrogens is 3. The number of carbonyl (C=O) groups is 1. The first-order valence-corrected chi connectivity index (χ1v) is 6.33. The molecule has 0 spiro atoms. The van der Waals surface area contributed by atoms with Crippen molar-refractivity contribution < 1.29 is 9.90 Å². The number of aliphatic carboxylic acids is 1. The number of halogens is 1. The van der Waals surface area contributed by atoms with Crippen LogP contribution in [0.2, 0.25) is 5.02 Å². The third-order valence-corrected chi connectivity index (χ3v) is 3.23. The number of anilines is 1. The van der Waals surface area contributed by atoms with E-state index in [1.54, 1.807) is 29.8 Å². The minimum absolute atomic E-state index is 0.0786. The molecule has 0 bridgehead atoms. The average molecular weight is 291 g/mol. The van der Waals surface area contributed by atoms with Crippen molar-refractivity contribution in [1.82, 2.24) is 14.8 Å². The fourth-order valence-electron chi connectivity index (χ4n) is 2.15. The zero-order valence-electron chi connectivity index (χ0n) is 10.5. The van der Waals surface area contributed by atoms with Gasteiger partial charge in [-0.3, -0.25) is 0 Å². The lowest BCUT2D eigenvalue weighted by Gasteiger charge is -2.22. The van der Waals surface area contributed by atoms with Crippen molar-refractivity contribution in [2.24, 2.45) is 0 Å². The highest BCUT2D eigenvalue weighted by Gasteiger charge is 2.26. The summed E-state index contributed by atoms with van der Waals surface area (Å²) < 4.78 is 1.65. The Morgan fingerprint density at radius 2 is 2.30 bits per heavy atom. The molecule has 0 unspecified atom stereocenters. The van der Waals surface area contributed by atoms with Gasteiger partial charge in [-0.2, -0.15) is 10.1 Å². The number of nitrogens with one attached hydrogen (secondary N) is 1. The molecule has 0 aliphatic carbocycles. The molecule has 3 rings (SSSR count). The van der Waals surface area contributed by atoms with Gasteiger partial charge in [0.05, 0.1) is 0 Å². The summed E-state index contributed by atoms with van der Waals surface area (Å²) in [5.41, 5.74) is 0.929. The molecule has 0 radical (unpaired) electrons. The van der Waals surface area contributed by atoms with E-state index in [0.717, 1.165) is 5.56 Å². The Morgan fingerprint density at radius 1 is 1.50 bits per heavy atom. The summed E-state index contributed by atoms with van der Waals surface area (Å²) in [7, 11) is 0. The summed E-state index contributed by atoms with van der Waals surface area (Å²) in [5, 5.41) is 16.8. The number of rotatable bonds is 2. The fraction of sp³-hybridized carbons (Fsp3) is 0.154. The molecule has 20 heavy (non-hydrogen) atoms. The molecule has 0 fully saturated rings. The Morgan fingerprint density at radius 3 is 3.00 bits per heavy atom. The predicted octanol–water partition coefficient (Wildman–Crippen LogP) is 2.22. The van der Waals surface area contributed by atoms with Crippen LogP contribution in [0.15, 0.2) is 36.0 Å². The van der Waals surface area contributed by atoms with Crippen LogP contribution in [0.3, 0.4) is 0 Å². The quantitative estimate of drug-likeness (QED) is 0.886. The highest BCUT2D eigenvalue weighted by Crippen LogP contribution is 2.29. The van der Waals surface area contributed by atoms with Crippen LogP contribution in [0.4, 0.5) is 5.95 Å². The highest BCUT2D eigenvalue weighted by molar-refractivity contribution is 6.30. The lowest BCUT2D eigenvalue weighted by Crippen LogP contribution is -2.24. The number of nitrogens with zero attached hydrogens (tertiary/aromatic N) is 3. The SMILES string of the molecule is Cc1nc2n(n1)[C@@H](c1cccc(Cl)c1)C=C(C(=O)O)N2. The molecule has 102 valence electrons. The smallest absolute Gasteiger partial charge is 0.352 e. The lowest BCUT2D eigenvalue weighted by atomic mass is 10.0.